The van der Waals surface area contributed by atoms with Gasteiger partial charge >= 0.3 is 0 Å². The maximum atomic E-state index is 11.5. The van der Waals surface area contributed by atoms with Gasteiger partial charge in [0, 0.05) is 51.9 Å². The zero-order valence-corrected chi connectivity index (χ0v) is 13.4. The number of sulfonamides is 1. The summed E-state index contributed by atoms with van der Waals surface area (Å²) in [6.07, 6.45) is 4.00. The fourth-order valence-electron chi connectivity index (χ4n) is 2.86. The van der Waals surface area contributed by atoms with Gasteiger partial charge in [0.1, 0.15) is 0 Å². The summed E-state index contributed by atoms with van der Waals surface area (Å²) in [4.78, 5) is 2.35. The molecular weight excluding hydrogens is 278 g/mol. The molecule has 118 valence electrons. The molecule has 2 heterocycles. The average Bonchev–Trinajstić information content (AvgIpc) is 2.91. The van der Waals surface area contributed by atoms with Gasteiger partial charge in [-0.3, -0.25) is 4.90 Å². The van der Waals surface area contributed by atoms with Gasteiger partial charge in [0.25, 0.3) is 0 Å². The first-order valence-corrected chi connectivity index (χ1v) is 9.33. The van der Waals surface area contributed by atoms with Gasteiger partial charge in [-0.2, -0.15) is 4.31 Å². The van der Waals surface area contributed by atoms with Gasteiger partial charge in [-0.15, -0.1) is 0 Å². The van der Waals surface area contributed by atoms with Crippen LogP contribution in [-0.2, 0) is 14.8 Å². The zero-order chi connectivity index (χ0) is 14.6. The fourth-order valence-corrected chi connectivity index (χ4v) is 3.69. The minimum Gasteiger partial charge on any atom is -0.377 e. The highest BCUT2D eigenvalue weighted by molar-refractivity contribution is 7.88. The van der Waals surface area contributed by atoms with Gasteiger partial charge in [0.15, 0.2) is 0 Å². The number of hydrogen-bond donors (Lipinski definition) is 1. The second-order valence-electron chi connectivity index (χ2n) is 5.84. The van der Waals surface area contributed by atoms with E-state index in [0.717, 1.165) is 39.2 Å². The Bertz CT molecular complexity index is 388. The number of nitrogens with one attached hydrogen (secondary N) is 1. The molecule has 0 amide bonds. The van der Waals surface area contributed by atoms with Crippen LogP contribution in [0.1, 0.15) is 19.8 Å². The lowest BCUT2D eigenvalue weighted by Crippen LogP contribution is -2.53. The van der Waals surface area contributed by atoms with E-state index in [2.05, 4.69) is 17.1 Å². The van der Waals surface area contributed by atoms with Gasteiger partial charge in [0.05, 0.1) is 12.4 Å². The zero-order valence-electron chi connectivity index (χ0n) is 12.5. The SMILES string of the molecule is CC(CNCC1CCCO1)N1CCN(S(C)(=O)=O)CC1. The first-order valence-electron chi connectivity index (χ1n) is 7.48. The van der Waals surface area contributed by atoms with E-state index in [0.29, 0.717) is 25.2 Å². The Morgan fingerprint density at radius 3 is 2.55 bits per heavy atom. The smallest absolute Gasteiger partial charge is 0.211 e. The van der Waals surface area contributed by atoms with Crippen LogP contribution in [0.25, 0.3) is 0 Å². The van der Waals surface area contributed by atoms with Crippen LogP contribution in [0.15, 0.2) is 0 Å². The van der Waals surface area contributed by atoms with E-state index in [1.54, 1.807) is 4.31 Å². The molecule has 0 spiro atoms. The molecule has 2 saturated heterocycles. The maximum absolute atomic E-state index is 11.5. The third-order valence-electron chi connectivity index (χ3n) is 4.20. The molecule has 1 N–H and O–H groups in total. The van der Waals surface area contributed by atoms with Gasteiger partial charge in [-0.1, -0.05) is 0 Å². The van der Waals surface area contributed by atoms with E-state index in [-0.39, 0.29) is 0 Å². The van der Waals surface area contributed by atoms with E-state index >= 15 is 0 Å². The van der Waals surface area contributed by atoms with Crippen molar-refractivity contribution >= 4 is 10.0 Å². The summed E-state index contributed by atoms with van der Waals surface area (Å²) in [5.41, 5.74) is 0. The molecule has 6 nitrogen and oxygen atoms in total. The van der Waals surface area contributed by atoms with Crippen LogP contribution in [0.2, 0.25) is 0 Å². The Balaban J connectivity index is 1.65. The second-order valence-corrected chi connectivity index (χ2v) is 7.82. The molecule has 2 aliphatic rings. The maximum Gasteiger partial charge on any atom is 0.211 e. The highest BCUT2D eigenvalue weighted by atomic mass is 32.2. The van der Waals surface area contributed by atoms with Gasteiger partial charge in [-0.05, 0) is 19.8 Å². The van der Waals surface area contributed by atoms with Crippen LogP contribution in [0.5, 0.6) is 0 Å². The number of nitrogens with zero attached hydrogens (tertiary/aromatic N) is 2. The van der Waals surface area contributed by atoms with Gasteiger partial charge < -0.3 is 10.1 Å². The molecule has 0 aromatic carbocycles. The molecule has 0 radical (unpaired) electrons. The fraction of sp³-hybridized carbons (Fsp3) is 1.00. The van der Waals surface area contributed by atoms with Crippen molar-refractivity contribution in [3.8, 4) is 0 Å². The molecule has 2 atom stereocenters. The number of piperazine rings is 1. The van der Waals surface area contributed by atoms with Crippen molar-refractivity contribution in [3.63, 3.8) is 0 Å². The quantitative estimate of drug-likeness (QED) is 0.731. The summed E-state index contributed by atoms with van der Waals surface area (Å²) in [7, 11) is -3.03. The third-order valence-corrected chi connectivity index (χ3v) is 5.50. The van der Waals surface area contributed by atoms with E-state index < -0.39 is 10.0 Å². The van der Waals surface area contributed by atoms with Crippen molar-refractivity contribution in [2.24, 2.45) is 0 Å². The normalized spacial score (nSPS) is 27.8. The summed E-state index contributed by atoms with van der Waals surface area (Å²) in [6.45, 7) is 7.79. The van der Waals surface area contributed by atoms with Gasteiger partial charge in [0.2, 0.25) is 10.0 Å². The molecule has 0 bridgehead atoms. The van der Waals surface area contributed by atoms with E-state index in [9.17, 15) is 8.42 Å². The Kier molecular flexibility index (Phi) is 5.80. The number of rotatable bonds is 6. The lowest BCUT2D eigenvalue weighted by atomic mass is 10.2. The molecule has 0 aliphatic carbocycles. The third kappa shape index (κ3) is 4.66. The minimum atomic E-state index is -3.03. The van der Waals surface area contributed by atoms with Crippen LogP contribution < -0.4 is 5.32 Å². The standard InChI is InChI=1S/C13H27N3O3S/c1-12(10-14-11-13-4-3-9-19-13)15-5-7-16(8-6-15)20(2,17)18/h12-14H,3-11H2,1-2H3. The van der Waals surface area contributed by atoms with Crippen LogP contribution in [0.3, 0.4) is 0 Å². The molecule has 7 heteroatoms. The van der Waals surface area contributed by atoms with E-state index in [1.807, 2.05) is 0 Å². The molecule has 2 rings (SSSR count). The Labute approximate surface area is 122 Å². The van der Waals surface area contributed by atoms with Crippen LogP contribution in [0, 0.1) is 0 Å². The summed E-state index contributed by atoms with van der Waals surface area (Å²) in [5, 5.41) is 3.47. The largest absolute Gasteiger partial charge is 0.377 e. The second kappa shape index (κ2) is 7.17. The van der Waals surface area contributed by atoms with Gasteiger partial charge in [-0.25, -0.2) is 8.42 Å². The van der Waals surface area contributed by atoms with E-state index in [4.69, 9.17) is 4.74 Å². The van der Waals surface area contributed by atoms with Crippen LogP contribution >= 0.6 is 0 Å². The summed E-state index contributed by atoms with van der Waals surface area (Å²) < 4.78 is 30.1. The van der Waals surface area contributed by atoms with Crippen molar-refractivity contribution in [3.05, 3.63) is 0 Å². The van der Waals surface area contributed by atoms with Crippen molar-refractivity contribution in [1.29, 1.82) is 0 Å². The van der Waals surface area contributed by atoms with Crippen molar-refractivity contribution < 1.29 is 13.2 Å². The molecular formula is C13H27N3O3S. The molecule has 2 fully saturated rings. The molecule has 0 saturated carbocycles. The first-order chi connectivity index (χ1) is 9.47. The lowest BCUT2D eigenvalue weighted by molar-refractivity contribution is 0.104. The highest BCUT2D eigenvalue weighted by Crippen LogP contribution is 2.11. The van der Waals surface area contributed by atoms with Crippen molar-refractivity contribution in [2.75, 3.05) is 52.1 Å². The minimum absolute atomic E-state index is 0.379. The predicted octanol–water partition coefficient (Wildman–Crippen LogP) is -0.279. The monoisotopic (exact) mass is 305 g/mol. The average molecular weight is 305 g/mol. The lowest BCUT2D eigenvalue weighted by Gasteiger charge is -2.37. The number of ether oxygens (including phenoxy) is 1. The summed E-state index contributed by atoms with van der Waals surface area (Å²) in [5.74, 6) is 0. The van der Waals surface area contributed by atoms with Crippen molar-refractivity contribution in [1.82, 2.24) is 14.5 Å². The predicted molar refractivity (Wildman–Crippen MR) is 79.3 cm³/mol. The summed E-state index contributed by atoms with van der Waals surface area (Å²) in [6, 6.07) is 0.429. The van der Waals surface area contributed by atoms with Crippen LogP contribution in [0.4, 0.5) is 0 Å². The van der Waals surface area contributed by atoms with Crippen molar-refractivity contribution in [2.45, 2.75) is 31.9 Å². The highest BCUT2D eigenvalue weighted by Gasteiger charge is 2.25. The molecule has 0 aromatic heterocycles. The molecule has 20 heavy (non-hydrogen) atoms. The van der Waals surface area contributed by atoms with E-state index in [1.165, 1.54) is 12.7 Å². The molecule has 2 unspecified atom stereocenters. The molecule has 2 aliphatic heterocycles. The Morgan fingerprint density at radius 2 is 2.00 bits per heavy atom. The first kappa shape index (κ1) is 16.2. The Hall–Kier alpha value is -0.210. The topological polar surface area (TPSA) is 61.9 Å². The summed E-state index contributed by atoms with van der Waals surface area (Å²) >= 11 is 0. The Morgan fingerprint density at radius 1 is 1.30 bits per heavy atom. The number of hydrogen-bond acceptors (Lipinski definition) is 5. The molecule has 0 aromatic rings. The van der Waals surface area contributed by atoms with Crippen LogP contribution in [-0.4, -0.2) is 81.9 Å².